The maximum Gasteiger partial charge on any atom is 0.433 e. The van der Waals surface area contributed by atoms with Gasteiger partial charge in [0, 0.05) is 17.5 Å². The summed E-state index contributed by atoms with van der Waals surface area (Å²) in [6.45, 7) is 0. The Kier molecular flexibility index (Phi) is 5.41. The molecular formula is C22H17F3N2O4S. The number of aryl methyl sites for hydroxylation is 1. The molecule has 1 N–H and O–H groups in total. The molecule has 0 amide bonds. The standard InChI is InChI=1S/C22H17F3N2O4S/c23-22(24,25)20-12-11-18-17(26-20)13-15(7-4-10-21(28)29)27(18)32(30,31)19-9-3-6-14-5-1-2-8-16(14)19/h1-3,5-6,8-9,11-13H,4,7,10H2,(H,28,29). The first-order valence-electron chi connectivity index (χ1n) is 9.63. The zero-order valence-electron chi connectivity index (χ0n) is 16.5. The van der Waals surface area contributed by atoms with Crippen molar-refractivity contribution < 1.29 is 31.5 Å². The van der Waals surface area contributed by atoms with Gasteiger partial charge >= 0.3 is 12.1 Å². The highest BCUT2D eigenvalue weighted by molar-refractivity contribution is 7.90. The predicted molar refractivity (Wildman–Crippen MR) is 112 cm³/mol. The van der Waals surface area contributed by atoms with Crippen LogP contribution in [-0.2, 0) is 27.4 Å². The second kappa shape index (κ2) is 7.94. The van der Waals surface area contributed by atoms with E-state index in [1.165, 1.54) is 12.1 Å². The van der Waals surface area contributed by atoms with Crippen LogP contribution in [0.2, 0.25) is 0 Å². The van der Waals surface area contributed by atoms with E-state index in [9.17, 15) is 26.4 Å². The van der Waals surface area contributed by atoms with Crippen molar-refractivity contribution in [3.63, 3.8) is 0 Å². The van der Waals surface area contributed by atoms with Gasteiger partial charge in [0.15, 0.2) is 0 Å². The molecule has 0 radical (unpaired) electrons. The third-order valence-electron chi connectivity index (χ3n) is 5.07. The Morgan fingerprint density at radius 1 is 1.03 bits per heavy atom. The summed E-state index contributed by atoms with van der Waals surface area (Å²) in [7, 11) is -4.23. The Morgan fingerprint density at radius 2 is 1.75 bits per heavy atom. The number of rotatable bonds is 6. The van der Waals surface area contributed by atoms with E-state index >= 15 is 0 Å². The Morgan fingerprint density at radius 3 is 2.47 bits per heavy atom. The number of aromatic nitrogens is 2. The Labute approximate surface area is 181 Å². The molecule has 2 aromatic carbocycles. The average Bonchev–Trinajstić information content (AvgIpc) is 3.10. The van der Waals surface area contributed by atoms with Crippen LogP contribution in [0, 0.1) is 0 Å². The normalized spacial score (nSPS) is 12.5. The smallest absolute Gasteiger partial charge is 0.433 e. The van der Waals surface area contributed by atoms with Crippen LogP contribution in [0.15, 0.2) is 65.6 Å². The molecule has 0 aliphatic rings. The number of carboxylic acid groups (broad SMARTS) is 1. The molecule has 2 aromatic heterocycles. The monoisotopic (exact) mass is 462 g/mol. The highest BCUT2D eigenvalue weighted by Gasteiger charge is 2.33. The number of aliphatic carboxylic acids is 1. The molecule has 0 spiro atoms. The zero-order valence-corrected chi connectivity index (χ0v) is 17.3. The first-order chi connectivity index (χ1) is 15.1. The summed E-state index contributed by atoms with van der Waals surface area (Å²) in [4.78, 5) is 14.5. The molecule has 0 saturated carbocycles. The third-order valence-corrected chi connectivity index (χ3v) is 6.89. The minimum absolute atomic E-state index is 0.00346. The molecule has 0 bridgehead atoms. The van der Waals surface area contributed by atoms with Gasteiger partial charge in [-0.2, -0.15) is 13.2 Å². The van der Waals surface area contributed by atoms with Gasteiger partial charge in [0.05, 0.1) is 15.9 Å². The summed E-state index contributed by atoms with van der Waals surface area (Å²) in [5.74, 6) is -1.05. The van der Waals surface area contributed by atoms with Gasteiger partial charge < -0.3 is 5.11 Å². The van der Waals surface area contributed by atoms with Crippen LogP contribution in [0.25, 0.3) is 21.8 Å². The van der Waals surface area contributed by atoms with Crippen molar-refractivity contribution in [3.8, 4) is 0 Å². The second-order valence-corrected chi connectivity index (χ2v) is 8.98. The van der Waals surface area contributed by atoms with Gasteiger partial charge in [0.25, 0.3) is 10.0 Å². The van der Waals surface area contributed by atoms with Crippen LogP contribution in [0.1, 0.15) is 24.2 Å². The van der Waals surface area contributed by atoms with E-state index in [4.69, 9.17) is 5.11 Å². The summed E-state index contributed by atoms with van der Waals surface area (Å²) >= 11 is 0. The largest absolute Gasteiger partial charge is 0.481 e. The molecule has 0 atom stereocenters. The summed E-state index contributed by atoms with van der Waals surface area (Å²) in [5, 5.41) is 10.1. The second-order valence-electron chi connectivity index (χ2n) is 7.23. The number of alkyl halides is 3. The van der Waals surface area contributed by atoms with Crippen molar-refractivity contribution in [2.24, 2.45) is 0 Å². The highest BCUT2D eigenvalue weighted by atomic mass is 32.2. The fourth-order valence-electron chi connectivity index (χ4n) is 3.67. The molecule has 4 aromatic rings. The van der Waals surface area contributed by atoms with Gasteiger partial charge in [-0.1, -0.05) is 36.4 Å². The molecule has 2 heterocycles. The third kappa shape index (κ3) is 3.93. The molecule has 0 aliphatic carbocycles. The van der Waals surface area contributed by atoms with Crippen LogP contribution in [0.3, 0.4) is 0 Å². The number of nitrogens with zero attached hydrogens (tertiary/aromatic N) is 2. The summed E-state index contributed by atoms with van der Waals surface area (Å²) in [6.07, 6.45) is -4.75. The molecule has 0 fully saturated rings. The van der Waals surface area contributed by atoms with E-state index in [0.29, 0.717) is 10.8 Å². The van der Waals surface area contributed by atoms with E-state index in [1.807, 2.05) is 0 Å². The van der Waals surface area contributed by atoms with Crippen molar-refractivity contribution in [1.29, 1.82) is 0 Å². The van der Waals surface area contributed by atoms with Crippen molar-refractivity contribution in [3.05, 3.63) is 72.1 Å². The maximum absolute atomic E-state index is 13.7. The van der Waals surface area contributed by atoms with Crippen LogP contribution in [0.5, 0.6) is 0 Å². The molecule has 4 rings (SSSR count). The lowest BCUT2D eigenvalue weighted by molar-refractivity contribution is -0.141. The molecule has 10 heteroatoms. The number of halogens is 3. The van der Waals surface area contributed by atoms with Crippen molar-refractivity contribution >= 4 is 37.8 Å². The van der Waals surface area contributed by atoms with E-state index in [2.05, 4.69) is 4.98 Å². The van der Waals surface area contributed by atoms with E-state index in [-0.39, 0.29) is 40.9 Å². The lowest BCUT2D eigenvalue weighted by atomic mass is 10.1. The van der Waals surface area contributed by atoms with Crippen molar-refractivity contribution in [2.45, 2.75) is 30.3 Å². The Balaban J connectivity index is 1.95. The van der Waals surface area contributed by atoms with E-state index in [0.717, 1.165) is 16.1 Å². The molecular weight excluding hydrogens is 445 g/mol. The van der Waals surface area contributed by atoms with E-state index in [1.54, 1.807) is 36.4 Å². The number of hydrogen-bond acceptors (Lipinski definition) is 4. The fraction of sp³-hybridized carbons (Fsp3) is 0.182. The maximum atomic E-state index is 13.7. The molecule has 6 nitrogen and oxygen atoms in total. The van der Waals surface area contributed by atoms with Crippen LogP contribution in [0.4, 0.5) is 13.2 Å². The highest BCUT2D eigenvalue weighted by Crippen LogP contribution is 2.33. The van der Waals surface area contributed by atoms with Crippen molar-refractivity contribution in [2.75, 3.05) is 0 Å². The number of benzene rings is 2. The van der Waals surface area contributed by atoms with Crippen LogP contribution < -0.4 is 0 Å². The van der Waals surface area contributed by atoms with Gasteiger partial charge in [0.2, 0.25) is 0 Å². The lowest BCUT2D eigenvalue weighted by Crippen LogP contribution is -2.16. The van der Waals surface area contributed by atoms with Crippen molar-refractivity contribution in [1.82, 2.24) is 8.96 Å². The number of hydrogen-bond donors (Lipinski definition) is 1. The Bertz CT molecular complexity index is 1440. The SMILES string of the molecule is O=C(O)CCCc1cc2nc(C(F)(F)F)ccc2n1S(=O)(=O)c1cccc2ccccc12. The minimum Gasteiger partial charge on any atom is -0.481 e. The quantitative estimate of drug-likeness (QED) is 0.442. The van der Waals surface area contributed by atoms with Gasteiger partial charge in [-0.05, 0) is 42.5 Å². The number of fused-ring (bicyclic) bond motifs is 2. The summed E-state index contributed by atoms with van der Waals surface area (Å²) in [5.41, 5.74) is -1.10. The minimum atomic E-state index is -4.69. The summed E-state index contributed by atoms with van der Waals surface area (Å²) in [6, 6.07) is 14.7. The first-order valence-corrected chi connectivity index (χ1v) is 11.1. The number of pyridine rings is 1. The first kappa shape index (κ1) is 21.8. The molecule has 32 heavy (non-hydrogen) atoms. The van der Waals surface area contributed by atoms with E-state index < -0.39 is 27.9 Å². The number of carboxylic acids is 1. The topological polar surface area (TPSA) is 89.3 Å². The lowest BCUT2D eigenvalue weighted by Gasteiger charge is -2.14. The fourth-order valence-corrected chi connectivity index (χ4v) is 5.45. The van der Waals surface area contributed by atoms with Gasteiger partial charge in [-0.25, -0.2) is 17.4 Å². The van der Waals surface area contributed by atoms with Gasteiger partial charge in [-0.3, -0.25) is 4.79 Å². The van der Waals surface area contributed by atoms with Crippen LogP contribution in [-0.4, -0.2) is 28.5 Å². The van der Waals surface area contributed by atoms with Gasteiger partial charge in [0.1, 0.15) is 5.69 Å². The molecule has 0 unspecified atom stereocenters. The van der Waals surface area contributed by atoms with Gasteiger partial charge in [-0.15, -0.1) is 0 Å². The van der Waals surface area contributed by atoms with Crippen LogP contribution >= 0.6 is 0 Å². The Hall–Kier alpha value is -3.40. The molecule has 166 valence electrons. The summed E-state index contributed by atoms with van der Waals surface area (Å²) < 4.78 is 67.8. The number of carbonyl (C=O) groups is 1. The molecule has 0 aliphatic heterocycles. The average molecular weight is 462 g/mol. The molecule has 0 saturated heterocycles. The predicted octanol–water partition coefficient (Wildman–Crippen LogP) is 4.85. The zero-order chi connectivity index (χ0) is 23.1.